The summed E-state index contributed by atoms with van der Waals surface area (Å²) in [6.07, 6.45) is 3.30. The minimum Gasteiger partial charge on any atom is -0.491 e. The molecule has 1 N–H and O–H groups in total. The summed E-state index contributed by atoms with van der Waals surface area (Å²) in [5.41, 5.74) is 1.20. The highest BCUT2D eigenvalue weighted by atomic mass is 28.4. The molecule has 2 aromatic heterocycles. The monoisotopic (exact) mass is 631 g/mol. The van der Waals surface area contributed by atoms with Crippen molar-refractivity contribution in [1.29, 1.82) is 0 Å². The quantitative estimate of drug-likeness (QED) is 0.215. The van der Waals surface area contributed by atoms with Gasteiger partial charge in [-0.1, -0.05) is 42.5 Å². The van der Waals surface area contributed by atoms with Gasteiger partial charge in [-0.3, -0.25) is 18.8 Å². The molecule has 0 bridgehead atoms. The first-order valence-electron chi connectivity index (χ1n) is 15.1. The second kappa shape index (κ2) is 11.7. The molecule has 236 valence electrons. The second-order valence-corrected chi connectivity index (χ2v) is 16.2. The maximum absolute atomic E-state index is 16.2. The fourth-order valence-electron chi connectivity index (χ4n) is 7.29. The average Bonchev–Trinajstić information content (AvgIpc) is 3.67. The molecule has 5 atom stereocenters. The maximum atomic E-state index is 16.2. The molecule has 0 aliphatic carbocycles. The van der Waals surface area contributed by atoms with Crippen LogP contribution in [0, 0.1) is 5.92 Å². The predicted octanol–water partition coefficient (Wildman–Crippen LogP) is 4.40. The van der Waals surface area contributed by atoms with Crippen molar-refractivity contribution in [2.75, 3.05) is 25.7 Å². The van der Waals surface area contributed by atoms with Crippen molar-refractivity contribution in [3.8, 4) is 11.4 Å². The Morgan fingerprint density at radius 2 is 1.89 bits per heavy atom. The molecule has 4 aromatic rings. The number of nitrogens with zero attached hydrogens (tertiary/aromatic N) is 5. The van der Waals surface area contributed by atoms with Gasteiger partial charge in [0.2, 0.25) is 8.41 Å². The molecule has 2 aliphatic heterocycles. The Hall–Kier alpha value is -4.13. The van der Waals surface area contributed by atoms with Crippen molar-refractivity contribution >= 4 is 20.0 Å². The van der Waals surface area contributed by atoms with E-state index >= 15 is 4.11 Å². The smallest absolute Gasteiger partial charge is 0.297 e. The van der Waals surface area contributed by atoms with Crippen LogP contribution in [0.3, 0.4) is 0 Å². The zero-order valence-electron chi connectivity index (χ0n) is 26.1. The topological polar surface area (TPSA) is 112 Å². The molecule has 0 saturated carbocycles. The number of benzene rings is 2. The van der Waals surface area contributed by atoms with Gasteiger partial charge in [0.15, 0.2) is 11.4 Å². The highest BCUT2D eigenvalue weighted by molar-refractivity contribution is 6.72. The number of halogens is 1. The summed E-state index contributed by atoms with van der Waals surface area (Å²) in [6, 6.07) is 18.3. The van der Waals surface area contributed by atoms with Gasteiger partial charge >= 0.3 is 0 Å². The van der Waals surface area contributed by atoms with Crippen LogP contribution < -0.4 is 15.2 Å². The highest BCUT2D eigenvalue weighted by Gasteiger charge is 2.66. The van der Waals surface area contributed by atoms with Crippen molar-refractivity contribution in [3.05, 3.63) is 100 Å². The van der Waals surface area contributed by atoms with E-state index in [1.165, 1.54) is 11.7 Å². The molecule has 0 radical (unpaired) electrons. The lowest BCUT2D eigenvalue weighted by atomic mass is 9.82. The van der Waals surface area contributed by atoms with Crippen LogP contribution in [0.1, 0.15) is 36.1 Å². The number of aryl methyl sites for hydroxylation is 1. The zero-order chi connectivity index (χ0) is 32.1. The molecule has 4 heterocycles. The third-order valence-corrected chi connectivity index (χ3v) is 11.9. The number of rotatable bonds is 9. The van der Waals surface area contributed by atoms with Crippen LogP contribution in [0.2, 0.25) is 18.6 Å². The summed E-state index contributed by atoms with van der Waals surface area (Å²) < 4.78 is 31.4. The predicted molar refractivity (Wildman–Crippen MR) is 170 cm³/mol. The van der Waals surface area contributed by atoms with E-state index < -0.39 is 31.6 Å². The van der Waals surface area contributed by atoms with Crippen LogP contribution >= 0.6 is 0 Å². The molecule has 2 aromatic carbocycles. The standard InChI is InChI=1S/C33H38FN5O5Si/c1-21-30(45(4,5)34)28(15-17-38-19-26(35-36-38)24(20-40)22-10-7-6-8-11-22)44-33(21)25-18-23(13-14-27(25)37(2)32(33)42)39-16-9-12-29(43-3)31(39)41/h6-14,16,18-19,21,24,28,30,40H,15,17,20H2,1-5H3/t21-,24?,28+,30-,33+/m1/s1. The second-order valence-electron chi connectivity index (χ2n) is 12.4. The number of carbonyl (C=O) groups is 1. The summed E-state index contributed by atoms with van der Waals surface area (Å²) in [4.78, 5) is 28.7. The number of fused-ring (bicyclic) bond motifs is 2. The van der Waals surface area contributed by atoms with Gasteiger partial charge in [0.05, 0.1) is 37.1 Å². The van der Waals surface area contributed by atoms with Crippen LogP contribution in [0.15, 0.2) is 77.9 Å². The summed E-state index contributed by atoms with van der Waals surface area (Å²) in [6.45, 7) is 5.52. The number of anilines is 1. The Morgan fingerprint density at radius 1 is 1.13 bits per heavy atom. The van der Waals surface area contributed by atoms with Crippen LogP contribution in [-0.2, 0) is 21.7 Å². The van der Waals surface area contributed by atoms with Crippen LogP contribution in [0.5, 0.6) is 5.75 Å². The minimum atomic E-state index is -3.36. The SMILES string of the molecule is COc1cccn(-c2ccc3c(c2)[C@]2(O[C@@H](CCn4cc(C(CO)c5ccccc5)nn4)[C@H]([Si](C)(C)F)[C@H]2C)C(=O)N3C)c1=O. The summed E-state index contributed by atoms with van der Waals surface area (Å²) in [5.74, 6) is -0.833. The molecule has 1 saturated heterocycles. The fourth-order valence-corrected chi connectivity index (χ4v) is 9.83. The molecule has 12 heteroatoms. The number of aliphatic hydroxyl groups excluding tert-OH is 1. The van der Waals surface area contributed by atoms with Crippen molar-refractivity contribution in [2.24, 2.45) is 5.92 Å². The summed E-state index contributed by atoms with van der Waals surface area (Å²) in [5, 5.41) is 18.7. The molecule has 1 fully saturated rings. The zero-order valence-corrected chi connectivity index (χ0v) is 27.1. The molecule has 1 spiro atoms. The van der Waals surface area contributed by atoms with Gasteiger partial charge < -0.3 is 23.6 Å². The largest absolute Gasteiger partial charge is 0.491 e. The third-order valence-electron chi connectivity index (χ3n) is 9.43. The lowest BCUT2D eigenvalue weighted by molar-refractivity contribution is -0.145. The Labute approximate surface area is 262 Å². The van der Waals surface area contributed by atoms with E-state index in [2.05, 4.69) is 10.3 Å². The first-order valence-corrected chi connectivity index (χ1v) is 18.1. The van der Waals surface area contributed by atoms with Gasteiger partial charge in [0.25, 0.3) is 11.5 Å². The Bertz CT molecular complexity index is 1770. The number of aliphatic hydroxyl groups is 1. The summed E-state index contributed by atoms with van der Waals surface area (Å²) in [7, 11) is -0.221. The first kappa shape index (κ1) is 30.9. The fraction of sp³-hybridized carbons (Fsp3) is 0.394. The summed E-state index contributed by atoms with van der Waals surface area (Å²) >= 11 is 0. The average molecular weight is 632 g/mol. The molecule has 1 unspecified atom stereocenters. The van der Waals surface area contributed by atoms with E-state index in [0.717, 1.165) is 5.56 Å². The molecule has 6 rings (SSSR count). The van der Waals surface area contributed by atoms with Crippen molar-refractivity contribution in [2.45, 2.75) is 56.1 Å². The van der Waals surface area contributed by atoms with Gasteiger partial charge in [0, 0.05) is 48.7 Å². The lowest BCUT2D eigenvalue weighted by Crippen LogP contribution is -2.44. The Balaban J connectivity index is 1.33. The molecular weight excluding hydrogens is 593 g/mol. The van der Waals surface area contributed by atoms with Gasteiger partial charge in [-0.05, 0) is 55.4 Å². The maximum Gasteiger partial charge on any atom is 0.297 e. The number of hydrogen-bond acceptors (Lipinski definition) is 7. The number of methoxy groups -OCH3 is 1. The number of hydrogen-bond donors (Lipinski definition) is 1. The molecule has 10 nitrogen and oxygen atoms in total. The lowest BCUT2D eigenvalue weighted by Gasteiger charge is -2.31. The highest BCUT2D eigenvalue weighted by Crippen LogP contribution is 2.60. The van der Waals surface area contributed by atoms with Gasteiger partial charge in [-0.15, -0.1) is 5.10 Å². The third kappa shape index (κ3) is 5.10. The van der Waals surface area contributed by atoms with Crippen LogP contribution in [-0.4, -0.2) is 65.9 Å². The normalized spacial score (nSPS) is 23.5. The van der Waals surface area contributed by atoms with E-state index in [1.807, 2.05) is 43.3 Å². The minimum absolute atomic E-state index is 0.114. The van der Waals surface area contributed by atoms with Crippen LogP contribution in [0.25, 0.3) is 5.69 Å². The Morgan fingerprint density at radius 3 is 2.58 bits per heavy atom. The van der Waals surface area contributed by atoms with Gasteiger partial charge in [0.1, 0.15) is 0 Å². The van der Waals surface area contributed by atoms with E-state index in [-0.39, 0.29) is 29.7 Å². The molecule has 1 amide bonds. The first-order chi connectivity index (χ1) is 21.5. The number of ether oxygens (including phenoxy) is 2. The van der Waals surface area contributed by atoms with Crippen molar-refractivity contribution < 1.29 is 23.5 Å². The van der Waals surface area contributed by atoms with E-state index in [4.69, 9.17) is 9.47 Å². The number of aromatic nitrogens is 4. The van der Waals surface area contributed by atoms with Crippen LogP contribution in [0.4, 0.5) is 9.80 Å². The number of likely N-dealkylation sites (N-methyl/N-ethyl adjacent to an activating group) is 1. The number of pyridine rings is 1. The van der Waals surface area contributed by atoms with Crippen molar-refractivity contribution in [1.82, 2.24) is 19.6 Å². The van der Waals surface area contributed by atoms with Gasteiger partial charge in [-0.2, -0.15) is 0 Å². The molecule has 45 heavy (non-hydrogen) atoms. The number of carbonyl (C=O) groups excluding carboxylic acids is 1. The number of amides is 1. The molecular formula is C33H38FN5O5Si. The van der Waals surface area contributed by atoms with E-state index in [9.17, 15) is 14.7 Å². The molecule has 2 aliphatic rings. The van der Waals surface area contributed by atoms with Crippen molar-refractivity contribution in [3.63, 3.8) is 0 Å². The van der Waals surface area contributed by atoms with E-state index in [0.29, 0.717) is 35.6 Å². The van der Waals surface area contributed by atoms with E-state index in [1.54, 1.807) is 66.4 Å². The van der Waals surface area contributed by atoms with Gasteiger partial charge in [-0.25, -0.2) is 0 Å². The Kier molecular flexibility index (Phi) is 8.00.